The number of hydrogen-bond donors (Lipinski definition) is 1. The summed E-state index contributed by atoms with van der Waals surface area (Å²) >= 11 is 5.02. The molecule has 0 aliphatic rings. The molecular weight excluding hydrogens is 282 g/mol. The van der Waals surface area contributed by atoms with Crippen LogP contribution in [0.4, 0.5) is 0 Å². The zero-order chi connectivity index (χ0) is 15.6. The van der Waals surface area contributed by atoms with Gasteiger partial charge in [-0.2, -0.15) is 5.10 Å². The first-order valence-electron chi connectivity index (χ1n) is 6.69. The lowest BCUT2D eigenvalue weighted by Gasteiger charge is -2.23. The molecule has 0 aliphatic heterocycles. The van der Waals surface area contributed by atoms with Crippen molar-refractivity contribution in [1.29, 1.82) is 0 Å². The third kappa shape index (κ3) is 3.55. The average molecular weight is 301 g/mol. The van der Waals surface area contributed by atoms with Crippen molar-refractivity contribution >= 4 is 17.2 Å². The Morgan fingerprint density at radius 1 is 1.24 bits per heavy atom. The molecule has 0 radical (unpaired) electrons. The van der Waals surface area contributed by atoms with Gasteiger partial charge in [-0.15, -0.1) is 5.10 Å². The summed E-state index contributed by atoms with van der Waals surface area (Å²) in [6, 6.07) is 7.76. The van der Waals surface area contributed by atoms with Crippen LogP contribution in [0.1, 0.15) is 37.5 Å². The fraction of sp³-hybridized carbons (Fsp3) is 0.312. The summed E-state index contributed by atoms with van der Waals surface area (Å²) in [7, 11) is 0. The molecule has 110 valence electrons. The first-order chi connectivity index (χ1) is 9.79. The van der Waals surface area contributed by atoms with Gasteiger partial charge in [0, 0.05) is 5.56 Å². The number of thiocarbonyl (C=S) groups is 1. The Bertz CT molecular complexity index is 677. The van der Waals surface area contributed by atoms with Crippen LogP contribution in [0.3, 0.4) is 0 Å². The van der Waals surface area contributed by atoms with Crippen molar-refractivity contribution in [3.05, 3.63) is 47.2 Å². The summed E-state index contributed by atoms with van der Waals surface area (Å²) in [5.41, 5.74) is 8.52. The van der Waals surface area contributed by atoms with Crippen molar-refractivity contribution in [1.82, 2.24) is 10.2 Å². The van der Waals surface area contributed by atoms with E-state index in [0.717, 1.165) is 11.3 Å². The van der Waals surface area contributed by atoms with E-state index in [1.54, 1.807) is 12.3 Å². The minimum atomic E-state index is -0.0487. The number of aryl methyl sites for hydroxylation is 1. The Labute approximate surface area is 130 Å². The summed E-state index contributed by atoms with van der Waals surface area (Å²) < 4.78 is 5.94. The van der Waals surface area contributed by atoms with Gasteiger partial charge in [0.25, 0.3) is 0 Å². The van der Waals surface area contributed by atoms with Gasteiger partial charge >= 0.3 is 0 Å². The molecule has 2 aromatic rings. The number of hydrogen-bond acceptors (Lipinski definition) is 4. The largest absolute Gasteiger partial charge is 0.437 e. The van der Waals surface area contributed by atoms with E-state index < -0.39 is 0 Å². The quantitative estimate of drug-likeness (QED) is 0.879. The molecule has 0 bridgehead atoms. The molecule has 4 nitrogen and oxygen atoms in total. The van der Waals surface area contributed by atoms with E-state index in [4.69, 9.17) is 22.7 Å². The van der Waals surface area contributed by atoms with Crippen LogP contribution in [-0.4, -0.2) is 15.2 Å². The normalized spacial score (nSPS) is 11.2. The minimum Gasteiger partial charge on any atom is -0.437 e. The van der Waals surface area contributed by atoms with Crippen LogP contribution in [0.15, 0.2) is 30.5 Å². The first kappa shape index (κ1) is 15.4. The van der Waals surface area contributed by atoms with Gasteiger partial charge in [0.1, 0.15) is 10.7 Å². The highest BCUT2D eigenvalue weighted by Crippen LogP contribution is 2.35. The average Bonchev–Trinajstić information content (AvgIpc) is 2.40. The first-order valence-corrected chi connectivity index (χ1v) is 7.10. The second kappa shape index (κ2) is 5.77. The summed E-state index contributed by atoms with van der Waals surface area (Å²) in [4.78, 5) is 0.240. The molecule has 1 aromatic carbocycles. The molecule has 1 aromatic heterocycles. The minimum absolute atomic E-state index is 0.0487. The number of ether oxygens (including phenoxy) is 1. The molecule has 0 spiro atoms. The molecule has 0 saturated heterocycles. The van der Waals surface area contributed by atoms with E-state index in [0.29, 0.717) is 11.4 Å². The second-order valence-electron chi connectivity index (χ2n) is 5.97. The van der Waals surface area contributed by atoms with Gasteiger partial charge in [0.15, 0.2) is 0 Å². The molecule has 0 saturated carbocycles. The Morgan fingerprint density at radius 3 is 2.57 bits per heavy atom. The van der Waals surface area contributed by atoms with Crippen molar-refractivity contribution in [2.75, 3.05) is 0 Å². The van der Waals surface area contributed by atoms with Crippen LogP contribution < -0.4 is 10.5 Å². The van der Waals surface area contributed by atoms with Crippen LogP contribution in [0.2, 0.25) is 0 Å². The van der Waals surface area contributed by atoms with Crippen molar-refractivity contribution in [2.24, 2.45) is 5.73 Å². The van der Waals surface area contributed by atoms with E-state index in [-0.39, 0.29) is 10.4 Å². The molecule has 0 unspecified atom stereocenters. The predicted octanol–water partition coefficient (Wildman–Crippen LogP) is 3.51. The molecule has 0 aliphatic carbocycles. The monoisotopic (exact) mass is 301 g/mol. The number of nitrogens with two attached hydrogens (primary N) is 1. The fourth-order valence-corrected chi connectivity index (χ4v) is 2.16. The molecule has 2 N–H and O–H groups in total. The molecule has 0 fully saturated rings. The smallest absolute Gasteiger partial charge is 0.249 e. The molecule has 5 heteroatoms. The van der Waals surface area contributed by atoms with E-state index in [9.17, 15) is 0 Å². The van der Waals surface area contributed by atoms with Crippen molar-refractivity contribution < 1.29 is 4.74 Å². The van der Waals surface area contributed by atoms with Crippen LogP contribution in [0.25, 0.3) is 0 Å². The molecule has 1 heterocycles. The number of benzene rings is 1. The zero-order valence-corrected chi connectivity index (χ0v) is 13.5. The van der Waals surface area contributed by atoms with Gasteiger partial charge < -0.3 is 10.5 Å². The Hall–Kier alpha value is -2.01. The highest BCUT2D eigenvalue weighted by molar-refractivity contribution is 7.80. The van der Waals surface area contributed by atoms with E-state index in [1.807, 2.05) is 12.1 Å². The molecular formula is C16H19N3OS. The maximum absolute atomic E-state index is 5.94. The standard InChI is InChI=1S/C16H19N3OS/c1-10-5-6-13(12(9-10)16(2,3)4)20-15-11(14(17)21)7-8-18-19-15/h5-9H,1-4H3,(H2,17,21). The van der Waals surface area contributed by atoms with E-state index in [1.165, 1.54) is 5.56 Å². The Balaban J connectivity index is 2.48. The molecule has 2 rings (SSSR count). The number of aromatic nitrogens is 2. The highest BCUT2D eigenvalue weighted by Gasteiger charge is 2.21. The summed E-state index contributed by atoms with van der Waals surface area (Å²) in [6.45, 7) is 8.47. The predicted molar refractivity (Wildman–Crippen MR) is 87.9 cm³/mol. The van der Waals surface area contributed by atoms with E-state index >= 15 is 0 Å². The topological polar surface area (TPSA) is 61.0 Å². The SMILES string of the molecule is Cc1ccc(Oc2nnccc2C(N)=S)c(C(C)(C)C)c1. The van der Waals surface area contributed by atoms with Gasteiger partial charge in [-0.3, -0.25) is 0 Å². The molecule has 21 heavy (non-hydrogen) atoms. The third-order valence-corrected chi connectivity index (χ3v) is 3.32. The van der Waals surface area contributed by atoms with Crippen LogP contribution in [-0.2, 0) is 5.41 Å². The van der Waals surface area contributed by atoms with Gasteiger partial charge in [0.2, 0.25) is 5.88 Å². The lowest BCUT2D eigenvalue weighted by molar-refractivity contribution is 0.433. The summed E-state index contributed by atoms with van der Waals surface area (Å²) in [5, 5.41) is 7.84. The summed E-state index contributed by atoms with van der Waals surface area (Å²) in [5.74, 6) is 1.07. The Kier molecular flexibility index (Phi) is 4.23. The lowest BCUT2D eigenvalue weighted by atomic mass is 9.85. The van der Waals surface area contributed by atoms with Gasteiger partial charge in [0.05, 0.1) is 11.8 Å². The fourth-order valence-electron chi connectivity index (χ4n) is 2.00. The van der Waals surface area contributed by atoms with Crippen LogP contribution in [0, 0.1) is 6.92 Å². The van der Waals surface area contributed by atoms with Crippen LogP contribution in [0.5, 0.6) is 11.6 Å². The van der Waals surface area contributed by atoms with Crippen molar-refractivity contribution in [2.45, 2.75) is 33.1 Å². The van der Waals surface area contributed by atoms with Gasteiger partial charge in [-0.05, 0) is 24.5 Å². The lowest BCUT2D eigenvalue weighted by Crippen LogP contribution is -2.15. The van der Waals surface area contributed by atoms with Crippen molar-refractivity contribution in [3.8, 4) is 11.6 Å². The molecule has 0 atom stereocenters. The highest BCUT2D eigenvalue weighted by atomic mass is 32.1. The number of nitrogens with zero attached hydrogens (tertiary/aromatic N) is 2. The summed E-state index contributed by atoms with van der Waals surface area (Å²) in [6.07, 6.45) is 1.54. The maximum Gasteiger partial charge on any atom is 0.249 e. The maximum atomic E-state index is 5.94. The van der Waals surface area contributed by atoms with Gasteiger partial charge in [-0.25, -0.2) is 0 Å². The van der Waals surface area contributed by atoms with Gasteiger partial charge in [-0.1, -0.05) is 50.7 Å². The third-order valence-electron chi connectivity index (χ3n) is 3.10. The van der Waals surface area contributed by atoms with Crippen molar-refractivity contribution in [3.63, 3.8) is 0 Å². The molecule has 0 amide bonds. The zero-order valence-electron chi connectivity index (χ0n) is 12.7. The second-order valence-corrected chi connectivity index (χ2v) is 6.41. The van der Waals surface area contributed by atoms with Crippen LogP contribution >= 0.6 is 12.2 Å². The Morgan fingerprint density at radius 2 is 1.95 bits per heavy atom. The van der Waals surface area contributed by atoms with E-state index in [2.05, 4.69) is 44.0 Å². The number of rotatable bonds is 3.